The van der Waals surface area contributed by atoms with E-state index >= 15 is 0 Å². The van der Waals surface area contributed by atoms with Crippen molar-refractivity contribution in [3.63, 3.8) is 0 Å². The number of nitrogens with one attached hydrogen (secondary N) is 1. The largest absolute Gasteiger partial charge is 0.465 e. The number of carbonyl (C=O) groups is 2. The van der Waals surface area contributed by atoms with Crippen molar-refractivity contribution in [2.24, 2.45) is 0 Å². The number of benzene rings is 2. The number of hydrogen-bond acceptors (Lipinski definition) is 3. The highest BCUT2D eigenvalue weighted by molar-refractivity contribution is 9.10. The number of amides is 1. The fourth-order valence-corrected chi connectivity index (χ4v) is 2.16. The lowest BCUT2D eigenvalue weighted by Crippen LogP contribution is -2.12. The van der Waals surface area contributed by atoms with Crippen molar-refractivity contribution in [3.8, 4) is 0 Å². The molecule has 6 heteroatoms. The summed E-state index contributed by atoms with van der Waals surface area (Å²) in [6, 6.07) is 10.1. The van der Waals surface area contributed by atoms with Gasteiger partial charge < -0.3 is 10.1 Å². The van der Waals surface area contributed by atoms with Gasteiger partial charge in [0.05, 0.1) is 12.7 Å². The third-order valence-corrected chi connectivity index (χ3v) is 3.15. The van der Waals surface area contributed by atoms with Gasteiger partial charge in [0.25, 0.3) is 5.91 Å². The second-order valence-corrected chi connectivity index (χ2v) is 5.10. The van der Waals surface area contributed by atoms with E-state index in [0.717, 1.165) is 6.07 Å². The maximum atomic E-state index is 13.2. The van der Waals surface area contributed by atoms with Crippen LogP contribution in [0.5, 0.6) is 0 Å². The van der Waals surface area contributed by atoms with Gasteiger partial charge in [0.15, 0.2) is 0 Å². The van der Waals surface area contributed by atoms with Gasteiger partial charge >= 0.3 is 5.97 Å². The van der Waals surface area contributed by atoms with Crippen LogP contribution < -0.4 is 5.32 Å². The molecule has 0 aromatic heterocycles. The molecule has 108 valence electrons. The highest BCUT2D eigenvalue weighted by Gasteiger charge is 2.10. The van der Waals surface area contributed by atoms with Crippen LogP contribution in [0.2, 0.25) is 0 Å². The maximum Gasteiger partial charge on any atom is 0.337 e. The van der Waals surface area contributed by atoms with E-state index in [0.29, 0.717) is 15.7 Å². The average Bonchev–Trinajstić information content (AvgIpc) is 2.46. The number of esters is 1. The Morgan fingerprint density at radius 1 is 1.10 bits per heavy atom. The quantitative estimate of drug-likeness (QED) is 0.859. The summed E-state index contributed by atoms with van der Waals surface area (Å²) < 4.78 is 18.3. The molecular weight excluding hydrogens is 341 g/mol. The van der Waals surface area contributed by atoms with Crippen molar-refractivity contribution in [3.05, 3.63) is 63.9 Å². The van der Waals surface area contributed by atoms with Crippen molar-refractivity contribution in [2.45, 2.75) is 0 Å². The van der Waals surface area contributed by atoms with Gasteiger partial charge in [-0.25, -0.2) is 9.18 Å². The van der Waals surface area contributed by atoms with Gasteiger partial charge in [0.2, 0.25) is 0 Å². The number of carbonyl (C=O) groups excluding carboxylic acids is 2. The minimum absolute atomic E-state index is 0.193. The second kappa shape index (κ2) is 6.49. The summed E-state index contributed by atoms with van der Waals surface area (Å²) >= 11 is 3.13. The molecule has 0 saturated heterocycles. The lowest BCUT2D eigenvalue weighted by molar-refractivity contribution is 0.0600. The second-order valence-electron chi connectivity index (χ2n) is 4.18. The molecule has 1 N–H and O–H groups in total. The Morgan fingerprint density at radius 2 is 1.76 bits per heavy atom. The molecule has 0 heterocycles. The van der Waals surface area contributed by atoms with Crippen LogP contribution in [0.4, 0.5) is 10.1 Å². The van der Waals surface area contributed by atoms with Gasteiger partial charge in [-0.3, -0.25) is 4.79 Å². The van der Waals surface area contributed by atoms with Gasteiger partial charge in [-0.15, -0.1) is 0 Å². The molecule has 0 fully saturated rings. The first-order valence-electron chi connectivity index (χ1n) is 5.95. The third-order valence-electron chi connectivity index (χ3n) is 2.69. The summed E-state index contributed by atoms with van der Waals surface area (Å²) in [5, 5.41) is 2.62. The maximum absolute atomic E-state index is 13.2. The zero-order valence-corrected chi connectivity index (χ0v) is 12.6. The van der Waals surface area contributed by atoms with Gasteiger partial charge in [-0.05, 0) is 42.5 Å². The number of hydrogen-bond donors (Lipinski definition) is 1. The third kappa shape index (κ3) is 3.88. The molecule has 0 radical (unpaired) electrons. The van der Waals surface area contributed by atoms with Crippen LogP contribution in [0, 0.1) is 5.82 Å². The Kier molecular flexibility index (Phi) is 4.70. The molecular formula is C15H11BrFNO3. The highest BCUT2D eigenvalue weighted by atomic mass is 79.9. The Morgan fingerprint density at radius 3 is 2.33 bits per heavy atom. The molecule has 0 aliphatic heterocycles. The van der Waals surface area contributed by atoms with E-state index in [2.05, 4.69) is 26.0 Å². The summed E-state index contributed by atoms with van der Waals surface area (Å²) in [7, 11) is 1.29. The summed E-state index contributed by atoms with van der Waals surface area (Å²) in [6.07, 6.45) is 0. The first-order chi connectivity index (χ1) is 9.99. The number of methoxy groups -OCH3 is 1. The van der Waals surface area contributed by atoms with Crippen LogP contribution in [-0.2, 0) is 4.74 Å². The lowest BCUT2D eigenvalue weighted by atomic mass is 10.2. The van der Waals surface area contributed by atoms with E-state index in [1.165, 1.54) is 31.4 Å². The van der Waals surface area contributed by atoms with E-state index in [-0.39, 0.29) is 5.56 Å². The Hall–Kier alpha value is -2.21. The smallest absolute Gasteiger partial charge is 0.337 e. The van der Waals surface area contributed by atoms with E-state index in [1.807, 2.05) is 0 Å². The topological polar surface area (TPSA) is 55.4 Å². The fraction of sp³-hybridized carbons (Fsp3) is 0.0667. The molecule has 0 aliphatic carbocycles. The van der Waals surface area contributed by atoms with Crippen molar-refractivity contribution in [2.75, 3.05) is 12.4 Å². The zero-order chi connectivity index (χ0) is 15.4. The minimum atomic E-state index is -0.504. The van der Waals surface area contributed by atoms with Crippen molar-refractivity contribution in [1.29, 1.82) is 0 Å². The first-order valence-corrected chi connectivity index (χ1v) is 6.75. The SMILES string of the molecule is COC(=O)c1ccc(NC(=O)c2cc(F)cc(Br)c2)cc1. The van der Waals surface area contributed by atoms with Crippen molar-refractivity contribution < 1.29 is 18.7 Å². The number of anilines is 1. The molecule has 4 nitrogen and oxygen atoms in total. The number of rotatable bonds is 3. The highest BCUT2D eigenvalue weighted by Crippen LogP contribution is 2.17. The number of halogens is 2. The average molecular weight is 352 g/mol. The monoisotopic (exact) mass is 351 g/mol. The van der Waals surface area contributed by atoms with Gasteiger partial charge in [0, 0.05) is 15.7 Å². The molecule has 2 aromatic rings. The Labute approximate surface area is 129 Å². The van der Waals surface area contributed by atoms with Crippen LogP contribution in [0.15, 0.2) is 46.9 Å². The molecule has 2 aromatic carbocycles. The van der Waals surface area contributed by atoms with E-state index in [4.69, 9.17) is 0 Å². The summed E-state index contributed by atoms with van der Waals surface area (Å²) in [5.74, 6) is -1.40. The molecule has 2 rings (SSSR count). The predicted molar refractivity (Wildman–Crippen MR) is 79.8 cm³/mol. The van der Waals surface area contributed by atoms with Crippen LogP contribution >= 0.6 is 15.9 Å². The van der Waals surface area contributed by atoms with Gasteiger partial charge in [0.1, 0.15) is 5.82 Å². The zero-order valence-electron chi connectivity index (χ0n) is 11.0. The van der Waals surface area contributed by atoms with Crippen LogP contribution in [0.1, 0.15) is 20.7 Å². The van der Waals surface area contributed by atoms with Crippen LogP contribution in [0.25, 0.3) is 0 Å². The normalized spacial score (nSPS) is 10.0. The molecule has 0 spiro atoms. The predicted octanol–water partition coefficient (Wildman–Crippen LogP) is 3.63. The Balaban J connectivity index is 2.14. The standard InChI is InChI=1S/C15H11BrFNO3/c1-21-15(20)9-2-4-13(5-3-9)18-14(19)10-6-11(16)8-12(17)7-10/h2-8H,1H3,(H,18,19). The molecule has 1 amide bonds. The molecule has 0 unspecified atom stereocenters. The Bertz CT molecular complexity index is 666. The first kappa shape index (κ1) is 15.2. The number of ether oxygens (including phenoxy) is 1. The van der Waals surface area contributed by atoms with Gasteiger partial charge in [-0.2, -0.15) is 0 Å². The fourth-order valence-electron chi connectivity index (χ4n) is 1.70. The summed E-state index contributed by atoms with van der Waals surface area (Å²) in [4.78, 5) is 23.3. The molecule has 0 aliphatic rings. The lowest BCUT2D eigenvalue weighted by Gasteiger charge is -2.07. The summed E-state index contributed by atoms with van der Waals surface area (Å²) in [6.45, 7) is 0. The van der Waals surface area contributed by atoms with Crippen molar-refractivity contribution >= 4 is 33.5 Å². The minimum Gasteiger partial charge on any atom is -0.465 e. The van der Waals surface area contributed by atoms with E-state index in [9.17, 15) is 14.0 Å². The molecule has 21 heavy (non-hydrogen) atoms. The van der Waals surface area contributed by atoms with E-state index < -0.39 is 17.7 Å². The van der Waals surface area contributed by atoms with Crippen LogP contribution in [0.3, 0.4) is 0 Å². The van der Waals surface area contributed by atoms with Gasteiger partial charge in [-0.1, -0.05) is 15.9 Å². The van der Waals surface area contributed by atoms with Crippen LogP contribution in [-0.4, -0.2) is 19.0 Å². The summed E-state index contributed by atoms with van der Waals surface area (Å²) in [5.41, 5.74) is 1.07. The van der Waals surface area contributed by atoms with Crippen molar-refractivity contribution in [1.82, 2.24) is 0 Å². The van der Waals surface area contributed by atoms with E-state index in [1.54, 1.807) is 12.1 Å². The molecule has 0 saturated carbocycles. The molecule has 0 atom stereocenters. The molecule has 0 bridgehead atoms.